The van der Waals surface area contributed by atoms with E-state index in [9.17, 15) is 0 Å². The van der Waals surface area contributed by atoms with Gasteiger partial charge < -0.3 is 9.47 Å². The van der Waals surface area contributed by atoms with Gasteiger partial charge in [0.1, 0.15) is 0 Å². The molecule has 0 heterocycles. The summed E-state index contributed by atoms with van der Waals surface area (Å²) in [6.45, 7) is 10.1. The molecule has 0 aromatic heterocycles. The monoisotopic (exact) mass is 304 g/mol. The number of ether oxygens (including phenoxy) is 2. The van der Waals surface area contributed by atoms with Crippen molar-refractivity contribution in [3.63, 3.8) is 0 Å². The fourth-order valence-corrected chi connectivity index (χ4v) is 2.40. The molecule has 2 heteroatoms. The van der Waals surface area contributed by atoms with Gasteiger partial charge in [0.15, 0.2) is 11.5 Å². The van der Waals surface area contributed by atoms with Gasteiger partial charge in [-0.05, 0) is 55.7 Å². The lowest BCUT2D eigenvalue weighted by atomic mass is 9.92. The molecule has 1 unspecified atom stereocenters. The lowest BCUT2D eigenvalue weighted by molar-refractivity contribution is 0.268. The van der Waals surface area contributed by atoms with Gasteiger partial charge in [0, 0.05) is 0 Å². The SMILES string of the molecule is CC/C=C\CC(CC)c1ccc(OCCC)c(OCCC)c1. The van der Waals surface area contributed by atoms with Crippen molar-refractivity contribution in [2.45, 2.75) is 65.7 Å². The standard InChI is InChI=1S/C20H32O2/c1-5-9-10-11-17(8-4)18-12-13-19(21-14-6-2)20(16-18)22-15-7-3/h9-10,12-13,16-17H,5-8,11,14-15H2,1-4H3/b10-9-. The van der Waals surface area contributed by atoms with E-state index < -0.39 is 0 Å². The maximum atomic E-state index is 5.90. The molecule has 0 aliphatic heterocycles. The Morgan fingerprint density at radius 3 is 2.18 bits per heavy atom. The zero-order chi connectivity index (χ0) is 16.2. The number of allylic oxidation sites excluding steroid dienone is 2. The first-order valence-electron chi connectivity index (χ1n) is 8.81. The summed E-state index contributed by atoms with van der Waals surface area (Å²) in [5.41, 5.74) is 1.35. The van der Waals surface area contributed by atoms with Crippen LogP contribution in [0.5, 0.6) is 11.5 Å². The maximum absolute atomic E-state index is 5.90. The second kappa shape index (κ2) is 11.2. The molecule has 0 radical (unpaired) electrons. The van der Waals surface area contributed by atoms with Crippen LogP contribution >= 0.6 is 0 Å². The van der Waals surface area contributed by atoms with Crippen LogP contribution in [-0.4, -0.2) is 13.2 Å². The van der Waals surface area contributed by atoms with Crippen molar-refractivity contribution in [3.8, 4) is 11.5 Å². The zero-order valence-corrected chi connectivity index (χ0v) is 14.7. The van der Waals surface area contributed by atoms with E-state index in [0.717, 1.165) is 56.8 Å². The smallest absolute Gasteiger partial charge is 0.161 e. The van der Waals surface area contributed by atoms with Crippen LogP contribution in [0.4, 0.5) is 0 Å². The van der Waals surface area contributed by atoms with E-state index in [1.165, 1.54) is 5.56 Å². The van der Waals surface area contributed by atoms with Crippen LogP contribution in [0.15, 0.2) is 30.4 Å². The Hall–Kier alpha value is -1.44. The van der Waals surface area contributed by atoms with Gasteiger partial charge in [0.05, 0.1) is 13.2 Å². The molecule has 0 aliphatic carbocycles. The van der Waals surface area contributed by atoms with Crippen molar-refractivity contribution in [3.05, 3.63) is 35.9 Å². The topological polar surface area (TPSA) is 18.5 Å². The Bertz CT molecular complexity index is 437. The highest BCUT2D eigenvalue weighted by Gasteiger charge is 2.12. The lowest BCUT2D eigenvalue weighted by Gasteiger charge is -2.18. The number of hydrogen-bond donors (Lipinski definition) is 0. The quantitative estimate of drug-likeness (QED) is 0.459. The molecule has 1 rings (SSSR count). The summed E-state index contributed by atoms with van der Waals surface area (Å²) in [6, 6.07) is 6.44. The highest BCUT2D eigenvalue weighted by molar-refractivity contribution is 5.44. The van der Waals surface area contributed by atoms with E-state index in [4.69, 9.17) is 9.47 Å². The first-order valence-corrected chi connectivity index (χ1v) is 8.81. The Balaban J connectivity index is 2.91. The third kappa shape index (κ3) is 6.13. The van der Waals surface area contributed by atoms with Crippen LogP contribution < -0.4 is 9.47 Å². The molecule has 0 saturated heterocycles. The molecular formula is C20H32O2. The molecule has 1 aromatic rings. The van der Waals surface area contributed by atoms with Gasteiger partial charge in [-0.25, -0.2) is 0 Å². The van der Waals surface area contributed by atoms with Crippen molar-refractivity contribution in [1.29, 1.82) is 0 Å². The van der Waals surface area contributed by atoms with Crippen molar-refractivity contribution in [2.24, 2.45) is 0 Å². The van der Waals surface area contributed by atoms with Crippen molar-refractivity contribution >= 4 is 0 Å². The molecule has 1 atom stereocenters. The van der Waals surface area contributed by atoms with Gasteiger partial charge in [-0.3, -0.25) is 0 Å². The summed E-state index contributed by atoms with van der Waals surface area (Å²) >= 11 is 0. The summed E-state index contributed by atoms with van der Waals surface area (Å²) in [5, 5.41) is 0. The minimum Gasteiger partial charge on any atom is -0.490 e. The highest BCUT2D eigenvalue weighted by atomic mass is 16.5. The summed E-state index contributed by atoms with van der Waals surface area (Å²) in [5.74, 6) is 2.32. The predicted octanol–water partition coefficient (Wildman–Crippen LogP) is 6.11. The molecule has 2 nitrogen and oxygen atoms in total. The van der Waals surface area contributed by atoms with Crippen molar-refractivity contribution in [1.82, 2.24) is 0 Å². The molecule has 0 fully saturated rings. The average Bonchev–Trinajstić information content (AvgIpc) is 2.55. The summed E-state index contributed by atoms with van der Waals surface area (Å²) < 4.78 is 11.7. The molecule has 22 heavy (non-hydrogen) atoms. The Morgan fingerprint density at radius 1 is 0.909 bits per heavy atom. The van der Waals surface area contributed by atoms with Gasteiger partial charge in [-0.1, -0.05) is 45.9 Å². The summed E-state index contributed by atoms with van der Waals surface area (Å²) in [6.07, 6.45) is 9.88. The van der Waals surface area contributed by atoms with E-state index in [1.54, 1.807) is 0 Å². The molecule has 1 aromatic carbocycles. The first-order chi connectivity index (χ1) is 10.8. The Labute approximate surface area is 136 Å². The van der Waals surface area contributed by atoms with Crippen LogP contribution in [0.1, 0.15) is 71.3 Å². The predicted molar refractivity (Wildman–Crippen MR) is 95.1 cm³/mol. The van der Waals surface area contributed by atoms with Gasteiger partial charge >= 0.3 is 0 Å². The maximum Gasteiger partial charge on any atom is 0.161 e. The van der Waals surface area contributed by atoms with E-state index in [-0.39, 0.29) is 0 Å². The molecule has 0 spiro atoms. The largest absolute Gasteiger partial charge is 0.490 e. The van der Waals surface area contributed by atoms with E-state index in [0.29, 0.717) is 5.92 Å². The molecule has 0 bridgehead atoms. The third-order valence-electron chi connectivity index (χ3n) is 3.68. The van der Waals surface area contributed by atoms with Crippen molar-refractivity contribution < 1.29 is 9.47 Å². The lowest BCUT2D eigenvalue weighted by Crippen LogP contribution is -2.03. The van der Waals surface area contributed by atoms with Crippen LogP contribution in [0, 0.1) is 0 Å². The normalized spacial score (nSPS) is 12.5. The molecular weight excluding hydrogens is 272 g/mol. The minimum atomic E-state index is 0.548. The van der Waals surface area contributed by atoms with Crippen LogP contribution in [0.3, 0.4) is 0 Å². The van der Waals surface area contributed by atoms with E-state index in [1.807, 2.05) is 0 Å². The molecule has 0 N–H and O–H groups in total. The Kier molecular flexibility index (Phi) is 9.45. The third-order valence-corrected chi connectivity index (χ3v) is 3.68. The average molecular weight is 304 g/mol. The van der Waals surface area contributed by atoms with Gasteiger partial charge in [0.2, 0.25) is 0 Å². The molecule has 0 aliphatic rings. The number of benzene rings is 1. The second-order valence-corrected chi connectivity index (χ2v) is 5.62. The van der Waals surface area contributed by atoms with Gasteiger partial charge in [-0.2, -0.15) is 0 Å². The summed E-state index contributed by atoms with van der Waals surface area (Å²) in [7, 11) is 0. The molecule has 0 saturated carbocycles. The minimum absolute atomic E-state index is 0.548. The highest BCUT2D eigenvalue weighted by Crippen LogP contribution is 2.34. The number of rotatable bonds is 11. The van der Waals surface area contributed by atoms with Crippen LogP contribution in [0.2, 0.25) is 0 Å². The summed E-state index contributed by atoms with van der Waals surface area (Å²) in [4.78, 5) is 0. The Morgan fingerprint density at radius 2 is 1.59 bits per heavy atom. The van der Waals surface area contributed by atoms with Crippen LogP contribution in [0.25, 0.3) is 0 Å². The number of hydrogen-bond acceptors (Lipinski definition) is 2. The van der Waals surface area contributed by atoms with Crippen molar-refractivity contribution in [2.75, 3.05) is 13.2 Å². The zero-order valence-electron chi connectivity index (χ0n) is 14.7. The van der Waals surface area contributed by atoms with Gasteiger partial charge in [-0.15, -0.1) is 0 Å². The first kappa shape index (κ1) is 18.6. The fraction of sp³-hybridized carbons (Fsp3) is 0.600. The fourth-order valence-electron chi connectivity index (χ4n) is 2.40. The molecule has 0 amide bonds. The second-order valence-electron chi connectivity index (χ2n) is 5.62. The van der Waals surface area contributed by atoms with Crippen LogP contribution in [-0.2, 0) is 0 Å². The molecule has 124 valence electrons. The van der Waals surface area contributed by atoms with Gasteiger partial charge in [0.25, 0.3) is 0 Å². The van der Waals surface area contributed by atoms with E-state index in [2.05, 4.69) is 58.0 Å². The van der Waals surface area contributed by atoms with E-state index >= 15 is 0 Å².